The lowest BCUT2D eigenvalue weighted by Crippen LogP contribution is -2.26. The second-order valence-corrected chi connectivity index (χ2v) is 4.62. The molecule has 2 saturated carbocycles. The number of hydrogen-bond acceptors (Lipinski definition) is 1. The van der Waals surface area contributed by atoms with Gasteiger partial charge >= 0.3 is 0 Å². The van der Waals surface area contributed by atoms with Crippen LogP contribution in [-0.4, -0.2) is 13.1 Å². The lowest BCUT2D eigenvalue weighted by Gasteiger charge is -2.14. The fourth-order valence-electron chi connectivity index (χ4n) is 2.24. The third kappa shape index (κ3) is 2.25. The predicted octanol–water partition coefficient (Wildman–Crippen LogP) is 2.18. The van der Waals surface area contributed by atoms with Gasteiger partial charge in [0.15, 0.2) is 0 Å². The monoisotopic (exact) mass is 177 g/mol. The molecule has 0 radical (unpaired) electrons. The van der Waals surface area contributed by atoms with E-state index < -0.39 is 0 Å². The molecule has 0 bridgehead atoms. The average molecular weight is 177 g/mol. The van der Waals surface area contributed by atoms with Gasteiger partial charge in [0.2, 0.25) is 0 Å². The van der Waals surface area contributed by atoms with E-state index in [0.29, 0.717) is 0 Å². The van der Waals surface area contributed by atoms with E-state index in [1.807, 2.05) is 0 Å². The molecular weight excluding hydrogens is 158 g/mol. The standard InChI is InChI=1S/C12H19N/c1-2-3-4-9-13-10-12(7-8-12)11-5-6-11/h1,11,13H,3-10H2. The third-order valence-corrected chi connectivity index (χ3v) is 3.49. The lowest BCUT2D eigenvalue weighted by atomic mass is 10.0. The molecule has 0 amide bonds. The van der Waals surface area contributed by atoms with Crippen molar-refractivity contribution in [1.82, 2.24) is 5.32 Å². The van der Waals surface area contributed by atoms with Gasteiger partial charge in [-0.25, -0.2) is 0 Å². The van der Waals surface area contributed by atoms with Crippen LogP contribution in [0.25, 0.3) is 0 Å². The van der Waals surface area contributed by atoms with Crippen molar-refractivity contribution < 1.29 is 0 Å². The minimum absolute atomic E-state index is 0.746. The molecule has 2 aliphatic rings. The zero-order valence-corrected chi connectivity index (χ0v) is 8.31. The Kier molecular flexibility index (Phi) is 2.60. The molecule has 0 heterocycles. The smallest absolute Gasteiger partial charge is 0.00981 e. The quantitative estimate of drug-likeness (QED) is 0.484. The first-order chi connectivity index (χ1) is 6.37. The first kappa shape index (κ1) is 9.09. The third-order valence-electron chi connectivity index (χ3n) is 3.49. The molecule has 0 unspecified atom stereocenters. The van der Waals surface area contributed by atoms with Gasteiger partial charge in [-0.15, -0.1) is 12.3 Å². The topological polar surface area (TPSA) is 12.0 Å². The van der Waals surface area contributed by atoms with Crippen LogP contribution in [-0.2, 0) is 0 Å². The van der Waals surface area contributed by atoms with Crippen LogP contribution in [0.2, 0.25) is 0 Å². The Labute approximate surface area is 81.3 Å². The summed E-state index contributed by atoms with van der Waals surface area (Å²) >= 11 is 0. The molecule has 1 heteroatoms. The van der Waals surface area contributed by atoms with Gasteiger partial charge in [-0.05, 0) is 50.0 Å². The summed E-state index contributed by atoms with van der Waals surface area (Å²) in [5.41, 5.74) is 0.746. The van der Waals surface area contributed by atoms with E-state index in [2.05, 4.69) is 11.2 Å². The minimum Gasteiger partial charge on any atom is -0.316 e. The zero-order valence-electron chi connectivity index (χ0n) is 8.31. The molecule has 2 rings (SSSR count). The maximum absolute atomic E-state index is 5.19. The highest BCUT2D eigenvalue weighted by molar-refractivity contribution is 5.04. The summed E-state index contributed by atoms with van der Waals surface area (Å²) in [4.78, 5) is 0. The highest BCUT2D eigenvalue weighted by Crippen LogP contribution is 2.60. The highest BCUT2D eigenvalue weighted by Gasteiger charge is 2.52. The van der Waals surface area contributed by atoms with Crippen LogP contribution in [0.3, 0.4) is 0 Å². The summed E-state index contributed by atoms with van der Waals surface area (Å²) in [5.74, 6) is 3.75. The molecule has 72 valence electrons. The van der Waals surface area contributed by atoms with Crippen LogP contribution in [0.1, 0.15) is 38.5 Å². The molecular formula is C12H19N. The van der Waals surface area contributed by atoms with Crippen molar-refractivity contribution in [2.75, 3.05) is 13.1 Å². The SMILES string of the molecule is C#CCCCNCC1(C2CC2)CC1. The van der Waals surface area contributed by atoms with E-state index in [9.17, 15) is 0 Å². The number of hydrogen-bond donors (Lipinski definition) is 1. The summed E-state index contributed by atoms with van der Waals surface area (Å²) in [6, 6.07) is 0. The number of unbranched alkanes of at least 4 members (excludes halogenated alkanes) is 1. The van der Waals surface area contributed by atoms with Crippen LogP contribution in [0.4, 0.5) is 0 Å². The number of terminal acetylenes is 1. The normalized spacial score (nSPS) is 23.9. The van der Waals surface area contributed by atoms with Crippen molar-refractivity contribution in [3.8, 4) is 12.3 Å². The van der Waals surface area contributed by atoms with E-state index in [-0.39, 0.29) is 0 Å². The Morgan fingerprint density at radius 2 is 2.15 bits per heavy atom. The van der Waals surface area contributed by atoms with Gasteiger partial charge in [0.05, 0.1) is 0 Å². The summed E-state index contributed by atoms with van der Waals surface area (Å²) in [6.07, 6.45) is 13.2. The second-order valence-electron chi connectivity index (χ2n) is 4.62. The molecule has 2 aliphatic carbocycles. The Bertz CT molecular complexity index is 206. The van der Waals surface area contributed by atoms with Gasteiger partial charge in [-0.3, -0.25) is 0 Å². The predicted molar refractivity (Wildman–Crippen MR) is 55.3 cm³/mol. The Hall–Kier alpha value is -0.480. The summed E-state index contributed by atoms with van der Waals surface area (Å²) in [5, 5.41) is 3.55. The van der Waals surface area contributed by atoms with Crippen molar-refractivity contribution in [3.63, 3.8) is 0 Å². The van der Waals surface area contributed by atoms with Crippen molar-refractivity contribution in [2.24, 2.45) is 11.3 Å². The van der Waals surface area contributed by atoms with Gasteiger partial charge < -0.3 is 5.32 Å². The number of rotatable bonds is 6. The minimum atomic E-state index is 0.746. The van der Waals surface area contributed by atoms with Crippen molar-refractivity contribution in [3.05, 3.63) is 0 Å². The molecule has 13 heavy (non-hydrogen) atoms. The van der Waals surface area contributed by atoms with E-state index in [4.69, 9.17) is 6.42 Å². The number of nitrogens with one attached hydrogen (secondary N) is 1. The molecule has 1 nitrogen and oxygen atoms in total. The first-order valence-corrected chi connectivity index (χ1v) is 5.52. The fraction of sp³-hybridized carbons (Fsp3) is 0.833. The molecule has 1 N–H and O–H groups in total. The lowest BCUT2D eigenvalue weighted by molar-refractivity contribution is 0.403. The molecule has 2 fully saturated rings. The van der Waals surface area contributed by atoms with Crippen molar-refractivity contribution in [2.45, 2.75) is 38.5 Å². The molecule has 0 aliphatic heterocycles. The second kappa shape index (κ2) is 3.72. The summed E-state index contributed by atoms with van der Waals surface area (Å²) in [6.45, 7) is 2.36. The highest BCUT2D eigenvalue weighted by atomic mass is 14.9. The largest absolute Gasteiger partial charge is 0.316 e. The van der Waals surface area contributed by atoms with Crippen molar-refractivity contribution in [1.29, 1.82) is 0 Å². The summed E-state index contributed by atoms with van der Waals surface area (Å²) < 4.78 is 0. The molecule has 0 saturated heterocycles. The maximum atomic E-state index is 5.19. The zero-order chi connectivity index (χ0) is 9.15. The van der Waals surface area contributed by atoms with Crippen LogP contribution in [0.15, 0.2) is 0 Å². The van der Waals surface area contributed by atoms with Crippen LogP contribution < -0.4 is 5.32 Å². The molecule has 0 aromatic heterocycles. The molecule has 0 atom stereocenters. The van der Waals surface area contributed by atoms with Crippen LogP contribution in [0, 0.1) is 23.7 Å². The van der Waals surface area contributed by atoms with E-state index in [1.54, 1.807) is 0 Å². The molecule has 0 aromatic rings. The fourth-order valence-corrected chi connectivity index (χ4v) is 2.24. The Morgan fingerprint density at radius 3 is 2.69 bits per heavy atom. The van der Waals surface area contributed by atoms with Gasteiger partial charge in [0.25, 0.3) is 0 Å². The van der Waals surface area contributed by atoms with Gasteiger partial charge in [0.1, 0.15) is 0 Å². The van der Waals surface area contributed by atoms with Crippen LogP contribution >= 0.6 is 0 Å². The first-order valence-electron chi connectivity index (χ1n) is 5.52. The van der Waals surface area contributed by atoms with Crippen LogP contribution in [0.5, 0.6) is 0 Å². The van der Waals surface area contributed by atoms with Gasteiger partial charge in [0, 0.05) is 13.0 Å². The molecule has 0 aromatic carbocycles. The van der Waals surface area contributed by atoms with Gasteiger partial charge in [-0.2, -0.15) is 0 Å². The van der Waals surface area contributed by atoms with E-state index >= 15 is 0 Å². The Balaban J connectivity index is 1.55. The average Bonchev–Trinajstić information content (AvgIpc) is 2.98. The van der Waals surface area contributed by atoms with E-state index in [0.717, 1.165) is 30.7 Å². The van der Waals surface area contributed by atoms with E-state index in [1.165, 1.54) is 32.2 Å². The maximum Gasteiger partial charge on any atom is 0.00981 e. The van der Waals surface area contributed by atoms with Gasteiger partial charge in [-0.1, -0.05) is 0 Å². The molecule has 0 spiro atoms. The van der Waals surface area contributed by atoms with Crippen molar-refractivity contribution >= 4 is 0 Å². The summed E-state index contributed by atoms with van der Waals surface area (Å²) in [7, 11) is 0. The Morgan fingerprint density at radius 1 is 1.38 bits per heavy atom.